The van der Waals surface area contributed by atoms with Crippen molar-refractivity contribution in [2.24, 2.45) is 0 Å². The molecule has 0 aliphatic carbocycles. The van der Waals surface area contributed by atoms with E-state index >= 15 is 0 Å². The summed E-state index contributed by atoms with van der Waals surface area (Å²) in [5.41, 5.74) is 0.0369. The second kappa shape index (κ2) is 9.38. The molecule has 2 rings (SSSR count). The molecular formula is C16H24N2O4. The molecule has 6 heteroatoms. The van der Waals surface area contributed by atoms with Gasteiger partial charge in [-0.2, -0.15) is 0 Å². The van der Waals surface area contributed by atoms with Crippen LogP contribution in [0.4, 0.5) is 5.69 Å². The number of nitrogens with zero attached hydrogens (tertiary/aromatic N) is 2. The van der Waals surface area contributed by atoms with Crippen LogP contribution >= 0.6 is 0 Å². The van der Waals surface area contributed by atoms with Crippen LogP contribution in [0, 0.1) is 10.1 Å². The highest BCUT2D eigenvalue weighted by Gasteiger charge is 2.13. The van der Waals surface area contributed by atoms with E-state index in [1.54, 1.807) is 18.2 Å². The Morgan fingerprint density at radius 1 is 1.14 bits per heavy atom. The SMILES string of the molecule is O=[N+]([O-])c1ccccc1OCCCCCCN1CCOCC1. The zero-order chi connectivity index (χ0) is 15.6. The first-order valence-electron chi connectivity index (χ1n) is 7.93. The van der Waals surface area contributed by atoms with E-state index in [1.165, 1.54) is 12.5 Å². The van der Waals surface area contributed by atoms with Gasteiger partial charge in [0.1, 0.15) is 0 Å². The van der Waals surface area contributed by atoms with E-state index in [4.69, 9.17) is 9.47 Å². The summed E-state index contributed by atoms with van der Waals surface area (Å²) in [6.45, 7) is 5.45. The fourth-order valence-electron chi connectivity index (χ4n) is 2.53. The molecule has 0 amide bonds. The number of nitro benzene ring substituents is 1. The molecule has 22 heavy (non-hydrogen) atoms. The summed E-state index contributed by atoms with van der Waals surface area (Å²) in [5, 5.41) is 10.9. The fraction of sp³-hybridized carbons (Fsp3) is 0.625. The first kappa shape index (κ1) is 16.7. The van der Waals surface area contributed by atoms with Crippen LogP contribution in [0.5, 0.6) is 5.75 Å². The van der Waals surface area contributed by atoms with Gasteiger partial charge in [-0.3, -0.25) is 15.0 Å². The molecule has 1 aromatic rings. The topological polar surface area (TPSA) is 64.8 Å². The van der Waals surface area contributed by atoms with Gasteiger partial charge in [-0.05, 0) is 25.5 Å². The molecule has 1 aliphatic rings. The molecular weight excluding hydrogens is 284 g/mol. The Hall–Kier alpha value is -1.66. The zero-order valence-corrected chi connectivity index (χ0v) is 12.9. The standard InChI is InChI=1S/C16H24N2O4/c19-18(20)15-7-3-4-8-16(15)22-12-6-2-1-5-9-17-10-13-21-14-11-17/h3-4,7-8H,1-2,5-6,9-14H2. The summed E-state index contributed by atoms with van der Waals surface area (Å²) < 4.78 is 10.8. The van der Waals surface area contributed by atoms with Crippen molar-refractivity contribution in [3.8, 4) is 5.75 Å². The molecule has 1 fully saturated rings. The van der Waals surface area contributed by atoms with Crippen LogP contribution in [0.15, 0.2) is 24.3 Å². The van der Waals surface area contributed by atoms with Crippen LogP contribution in [-0.4, -0.2) is 49.3 Å². The number of ether oxygens (including phenoxy) is 2. The molecule has 0 bridgehead atoms. The van der Waals surface area contributed by atoms with E-state index in [-0.39, 0.29) is 5.69 Å². The number of morpholine rings is 1. The van der Waals surface area contributed by atoms with Crippen molar-refractivity contribution in [2.75, 3.05) is 39.5 Å². The molecule has 122 valence electrons. The second-order valence-corrected chi connectivity index (χ2v) is 5.44. The summed E-state index contributed by atoms with van der Waals surface area (Å²) in [5.74, 6) is 0.362. The first-order valence-corrected chi connectivity index (χ1v) is 7.93. The Morgan fingerprint density at radius 2 is 1.86 bits per heavy atom. The van der Waals surface area contributed by atoms with Gasteiger partial charge in [-0.15, -0.1) is 0 Å². The lowest BCUT2D eigenvalue weighted by molar-refractivity contribution is -0.385. The van der Waals surface area contributed by atoms with Crippen molar-refractivity contribution in [1.82, 2.24) is 4.90 Å². The molecule has 0 aromatic heterocycles. The van der Waals surface area contributed by atoms with Gasteiger partial charge < -0.3 is 9.47 Å². The molecule has 0 saturated carbocycles. The number of hydrogen-bond acceptors (Lipinski definition) is 5. The lowest BCUT2D eigenvalue weighted by atomic mass is 10.2. The van der Waals surface area contributed by atoms with E-state index < -0.39 is 4.92 Å². The maximum atomic E-state index is 10.9. The van der Waals surface area contributed by atoms with Crippen molar-refractivity contribution in [1.29, 1.82) is 0 Å². The van der Waals surface area contributed by atoms with E-state index in [0.717, 1.165) is 52.1 Å². The Morgan fingerprint density at radius 3 is 2.64 bits per heavy atom. The monoisotopic (exact) mass is 308 g/mol. The summed E-state index contributed by atoms with van der Waals surface area (Å²) in [4.78, 5) is 12.9. The molecule has 0 unspecified atom stereocenters. The average molecular weight is 308 g/mol. The maximum Gasteiger partial charge on any atom is 0.310 e. The first-order chi connectivity index (χ1) is 10.8. The van der Waals surface area contributed by atoms with Crippen molar-refractivity contribution in [3.63, 3.8) is 0 Å². The van der Waals surface area contributed by atoms with Crippen LogP contribution in [0.3, 0.4) is 0 Å². The minimum atomic E-state index is -0.405. The minimum Gasteiger partial charge on any atom is -0.487 e. The molecule has 1 aliphatic heterocycles. The van der Waals surface area contributed by atoms with Crippen LogP contribution in [0.1, 0.15) is 25.7 Å². The predicted octanol–water partition coefficient (Wildman–Crippen LogP) is 2.87. The van der Waals surface area contributed by atoms with E-state index in [2.05, 4.69) is 4.90 Å². The molecule has 0 radical (unpaired) electrons. The smallest absolute Gasteiger partial charge is 0.310 e. The molecule has 1 saturated heterocycles. The summed E-state index contributed by atoms with van der Waals surface area (Å²) in [6, 6.07) is 6.52. The normalized spacial score (nSPS) is 15.6. The van der Waals surface area contributed by atoms with Gasteiger partial charge in [0.2, 0.25) is 0 Å². The lowest BCUT2D eigenvalue weighted by Crippen LogP contribution is -2.36. The number of benzene rings is 1. The summed E-state index contributed by atoms with van der Waals surface area (Å²) in [7, 11) is 0. The third-order valence-corrected chi connectivity index (χ3v) is 3.79. The Labute approximate surface area is 131 Å². The Balaban J connectivity index is 1.55. The number of rotatable bonds is 9. The van der Waals surface area contributed by atoms with Crippen molar-refractivity contribution in [3.05, 3.63) is 34.4 Å². The van der Waals surface area contributed by atoms with Gasteiger partial charge >= 0.3 is 5.69 Å². The quantitative estimate of drug-likeness (QED) is 0.399. The van der Waals surface area contributed by atoms with Gasteiger partial charge in [-0.1, -0.05) is 25.0 Å². The molecule has 6 nitrogen and oxygen atoms in total. The molecule has 1 heterocycles. The molecule has 0 atom stereocenters. The zero-order valence-electron chi connectivity index (χ0n) is 12.9. The van der Waals surface area contributed by atoms with Crippen molar-refractivity contribution >= 4 is 5.69 Å². The van der Waals surface area contributed by atoms with Crippen LogP contribution in [0.2, 0.25) is 0 Å². The Kier molecular flexibility index (Phi) is 7.12. The highest BCUT2D eigenvalue weighted by Crippen LogP contribution is 2.25. The molecule has 0 spiro atoms. The van der Waals surface area contributed by atoms with Gasteiger partial charge in [-0.25, -0.2) is 0 Å². The minimum absolute atomic E-state index is 0.0369. The van der Waals surface area contributed by atoms with Crippen LogP contribution < -0.4 is 4.74 Å². The molecule has 0 N–H and O–H groups in total. The summed E-state index contributed by atoms with van der Waals surface area (Å²) in [6.07, 6.45) is 4.36. The van der Waals surface area contributed by atoms with E-state index in [1.807, 2.05) is 0 Å². The number of para-hydroxylation sites is 2. The number of nitro groups is 1. The maximum absolute atomic E-state index is 10.9. The third kappa shape index (κ3) is 5.61. The van der Waals surface area contributed by atoms with Gasteiger partial charge in [0.15, 0.2) is 5.75 Å². The van der Waals surface area contributed by atoms with Gasteiger partial charge in [0.05, 0.1) is 24.7 Å². The Bertz CT molecular complexity index is 461. The van der Waals surface area contributed by atoms with Crippen molar-refractivity contribution in [2.45, 2.75) is 25.7 Å². The van der Waals surface area contributed by atoms with Gasteiger partial charge in [0.25, 0.3) is 0 Å². The largest absolute Gasteiger partial charge is 0.487 e. The lowest BCUT2D eigenvalue weighted by Gasteiger charge is -2.26. The van der Waals surface area contributed by atoms with Crippen LogP contribution in [0.25, 0.3) is 0 Å². The average Bonchev–Trinajstić information content (AvgIpc) is 2.55. The molecule has 1 aromatic carbocycles. The summed E-state index contributed by atoms with van der Waals surface area (Å²) >= 11 is 0. The van der Waals surface area contributed by atoms with Crippen molar-refractivity contribution < 1.29 is 14.4 Å². The highest BCUT2D eigenvalue weighted by molar-refractivity contribution is 5.45. The van der Waals surface area contributed by atoms with E-state index in [9.17, 15) is 10.1 Å². The second-order valence-electron chi connectivity index (χ2n) is 5.44. The highest BCUT2D eigenvalue weighted by atomic mass is 16.6. The van der Waals surface area contributed by atoms with Gasteiger partial charge in [0, 0.05) is 19.2 Å². The third-order valence-electron chi connectivity index (χ3n) is 3.79. The number of hydrogen-bond donors (Lipinski definition) is 0. The predicted molar refractivity (Wildman–Crippen MR) is 84.3 cm³/mol. The van der Waals surface area contributed by atoms with Crippen LogP contribution in [-0.2, 0) is 4.74 Å². The van der Waals surface area contributed by atoms with E-state index in [0.29, 0.717) is 12.4 Å². The fourth-order valence-corrected chi connectivity index (χ4v) is 2.53. The number of unbranched alkanes of at least 4 members (excludes halogenated alkanes) is 3.